The van der Waals surface area contributed by atoms with Crippen molar-refractivity contribution < 1.29 is 0 Å². The van der Waals surface area contributed by atoms with Crippen LogP contribution < -0.4 is 0 Å². The van der Waals surface area contributed by atoms with Crippen LogP contribution in [0.4, 0.5) is 0 Å². The lowest BCUT2D eigenvalue weighted by molar-refractivity contribution is 1.01. The van der Waals surface area contributed by atoms with Crippen molar-refractivity contribution in [2.75, 3.05) is 0 Å². The smallest absolute Gasteiger partial charge is 0.0489 e. The highest BCUT2D eigenvalue weighted by atomic mass is 32.1. The summed E-state index contributed by atoms with van der Waals surface area (Å²) in [4.78, 5) is 2.65. The van der Waals surface area contributed by atoms with Crippen LogP contribution in [0.2, 0.25) is 0 Å². The normalized spacial score (nSPS) is 12.2. The summed E-state index contributed by atoms with van der Waals surface area (Å²) in [5, 5.41) is 7.92. The third-order valence-electron chi connectivity index (χ3n) is 8.55. The van der Waals surface area contributed by atoms with Crippen LogP contribution in [-0.4, -0.2) is 9.13 Å². The molecule has 5 aromatic carbocycles. The van der Waals surface area contributed by atoms with Gasteiger partial charge >= 0.3 is 0 Å². The third kappa shape index (κ3) is 3.09. The highest BCUT2D eigenvalue weighted by Crippen LogP contribution is 2.42. The first kappa shape index (κ1) is 22.4. The Labute approximate surface area is 238 Å². The van der Waals surface area contributed by atoms with Crippen LogP contribution in [0.15, 0.2) is 109 Å². The van der Waals surface area contributed by atoms with Gasteiger partial charge in [-0.05, 0) is 82.6 Å². The van der Waals surface area contributed by atoms with Gasteiger partial charge in [-0.2, -0.15) is 0 Å². The van der Waals surface area contributed by atoms with Crippen molar-refractivity contribution in [1.29, 1.82) is 0 Å². The van der Waals surface area contributed by atoms with E-state index in [0.29, 0.717) is 0 Å². The standard InChI is InChI=1S/C36H24N2S2/c1-37-29-9-5-3-7-25(29)27-15-21(11-13-31(27)37)33-17-23-19-36-24(20-35(23)39-33)18-34(40-36)22-12-14-32-28(16-22)26-8-4-6-10-30(26)38(32)2/h3-20H,1-2H3. The van der Waals surface area contributed by atoms with Gasteiger partial charge < -0.3 is 9.13 Å². The Morgan fingerprint density at radius 2 is 0.850 bits per heavy atom. The number of hydrogen-bond donors (Lipinski definition) is 0. The molecule has 0 amide bonds. The Morgan fingerprint density at radius 3 is 1.32 bits per heavy atom. The molecule has 4 aromatic heterocycles. The number of aromatic nitrogens is 2. The molecule has 0 aliphatic carbocycles. The number of thiophene rings is 2. The van der Waals surface area contributed by atoms with Crippen LogP contribution in [0, 0.1) is 0 Å². The highest BCUT2D eigenvalue weighted by molar-refractivity contribution is 7.23. The molecule has 9 aromatic rings. The number of rotatable bonds is 2. The molecular formula is C36H24N2S2. The average Bonchev–Trinajstić information content (AvgIpc) is 3.74. The molecule has 4 heterocycles. The first-order valence-electron chi connectivity index (χ1n) is 13.5. The summed E-state index contributed by atoms with van der Waals surface area (Å²) in [6, 6.07) is 40.7. The molecule has 4 heteroatoms. The van der Waals surface area contributed by atoms with E-state index in [1.165, 1.54) is 84.7 Å². The fraction of sp³-hybridized carbons (Fsp3) is 0.0556. The fourth-order valence-electron chi connectivity index (χ4n) is 6.50. The van der Waals surface area contributed by atoms with E-state index < -0.39 is 0 Å². The molecule has 0 spiro atoms. The second kappa shape index (κ2) is 8.07. The Hall–Kier alpha value is -4.38. The summed E-state index contributed by atoms with van der Waals surface area (Å²) in [6.45, 7) is 0. The second-order valence-corrected chi connectivity index (χ2v) is 12.9. The summed E-state index contributed by atoms with van der Waals surface area (Å²) in [7, 11) is 4.32. The summed E-state index contributed by atoms with van der Waals surface area (Å²) < 4.78 is 7.27. The molecule has 0 saturated carbocycles. The third-order valence-corrected chi connectivity index (χ3v) is 10.8. The van der Waals surface area contributed by atoms with Gasteiger partial charge in [-0.15, -0.1) is 22.7 Å². The van der Waals surface area contributed by atoms with Crippen molar-refractivity contribution in [3.8, 4) is 20.9 Å². The lowest BCUT2D eigenvalue weighted by atomic mass is 10.1. The van der Waals surface area contributed by atoms with Crippen LogP contribution in [0.5, 0.6) is 0 Å². The van der Waals surface area contributed by atoms with Gasteiger partial charge in [-0.3, -0.25) is 0 Å². The van der Waals surface area contributed by atoms with Gasteiger partial charge in [-0.25, -0.2) is 0 Å². The Balaban J connectivity index is 1.14. The Morgan fingerprint density at radius 1 is 0.425 bits per heavy atom. The van der Waals surface area contributed by atoms with Gasteiger partial charge in [0.1, 0.15) is 0 Å². The molecule has 2 nitrogen and oxygen atoms in total. The lowest BCUT2D eigenvalue weighted by Gasteiger charge is -2.00. The van der Waals surface area contributed by atoms with Crippen LogP contribution in [0.25, 0.3) is 84.7 Å². The predicted molar refractivity (Wildman–Crippen MR) is 176 cm³/mol. The number of para-hydroxylation sites is 2. The van der Waals surface area contributed by atoms with Gasteiger partial charge in [0.2, 0.25) is 0 Å². The van der Waals surface area contributed by atoms with Crippen LogP contribution in [-0.2, 0) is 14.1 Å². The van der Waals surface area contributed by atoms with E-state index >= 15 is 0 Å². The van der Waals surface area contributed by atoms with E-state index in [2.05, 4.69) is 132 Å². The van der Waals surface area contributed by atoms with E-state index in [9.17, 15) is 0 Å². The topological polar surface area (TPSA) is 9.86 Å². The van der Waals surface area contributed by atoms with E-state index in [1.807, 2.05) is 22.7 Å². The van der Waals surface area contributed by atoms with E-state index in [4.69, 9.17) is 0 Å². The molecule has 0 aliphatic heterocycles. The van der Waals surface area contributed by atoms with Gasteiger partial charge in [-0.1, -0.05) is 48.5 Å². The minimum atomic E-state index is 1.28. The zero-order valence-corrected chi connectivity index (χ0v) is 23.7. The first-order chi connectivity index (χ1) is 19.6. The van der Waals surface area contributed by atoms with Crippen LogP contribution in [0.3, 0.4) is 0 Å². The van der Waals surface area contributed by atoms with Crippen molar-refractivity contribution in [3.05, 3.63) is 109 Å². The molecule has 0 aliphatic rings. The highest BCUT2D eigenvalue weighted by Gasteiger charge is 2.14. The number of nitrogens with zero attached hydrogens (tertiary/aromatic N) is 2. The summed E-state index contributed by atoms with van der Waals surface area (Å²) >= 11 is 3.78. The Bertz CT molecular complexity index is 2240. The molecule has 0 unspecified atom stereocenters. The SMILES string of the molecule is Cn1c2ccccc2c2cc(-c3cc4cc5sc(-c6ccc7c(c6)c6ccccc6n7C)cc5cc4s3)ccc21. The van der Waals surface area contributed by atoms with Gasteiger partial charge in [0.05, 0.1) is 0 Å². The molecule has 0 bridgehead atoms. The van der Waals surface area contributed by atoms with Crippen molar-refractivity contribution in [3.63, 3.8) is 0 Å². The summed E-state index contributed by atoms with van der Waals surface area (Å²) in [6.07, 6.45) is 0. The largest absolute Gasteiger partial charge is 0.344 e. The van der Waals surface area contributed by atoms with Crippen molar-refractivity contribution in [1.82, 2.24) is 9.13 Å². The monoisotopic (exact) mass is 548 g/mol. The molecule has 0 radical (unpaired) electrons. The van der Waals surface area contributed by atoms with Crippen LogP contribution >= 0.6 is 22.7 Å². The minimum absolute atomic E-state index is 1.28. The summed E-state index contributed by atoms with van der Waals surface area (Å²) in [5.74, 6) is 0. The van der Waals surface area contributed by atoms with E-state index in [0.717, 1.165) is 0 Å². The molecule has 0 atom stereocenters. The first-order valence-corrected chi connectivity index (χ1v) is 15.2. The maximum Gasteiger partial charge on any atom is 0.0489 e. The molecule has 190 valence electrons. The molecule has 0 saturated heterocycles. The van der Waals surface area contributed by atoms with Crippen molar-refractivity contribution in [2.45, 2.75) is 0 Å². The summed E-state index contributed by atoms with van der Waals surface area (Å²) in [5.41, 5.74) is 7.69. The van der Waals surface area contributed by atoms with Gasteiger partial charge in [0.25, 0.3) is 0 Å². The zero-order valence-electron chi connectivity index (χ0n) is 22.1. The molecule has 0 N–H and O–H groups in total. The van der Waals surface area contributed by atoms with E-state index in [1.54, 1.807) is 0 Å². The maximum absolute atomic E-state index is 2.38. The van der Waals surface area contributed by atoms with Gasteiger partial charge in [0.15, 0.2) is 0 Å². The lowest BCUT2D eigenvalue weighted by Crippen LogP contribution is -1.85. The average molecular weight is 549 g/mol. The van der Waals surface area contributed by atoms with Crippen molar-refractivity contribution in [2.24, 2.45) is 14.1 Å². The van der Waals surface area contributed by atoms with Gasteiger partial charge in [0, 0.05) is 76.9 Å². The number of aryl methyl sites for hydroxylation is 2. The molecule has 9 rings (SSSR count). The zero-order chi connectivity index (χ0) is 26.5. The number of benzene rings is 5. The second-order valence-electron chi connectivity index (χ2n) is 10.8. The number of fused-ring (bicyclic) bond motifs is 8. The maximum atomic E-state index is 2.38. The quantitative estimate of drug-likeness (QED) is 0.203. The minimum Gasteiger partial charge on any atom is -0.344 e. The van der Waals surface area contributed by atoms with Crippen molar-refractivity contribution >= 4 is 86.5 Å². The van der Waals surface area contributed by atoms with E-state index in [-0.39, 0.29) is 0 Å². The molecule has 40 heavy (non-hydrogen) atoms. The van der Waals surface area contributed by atoms with Crippen LogP contribution in [0.1, 0.15) is 0 Å². The predicted octanol–water partition coefficient (Wildman–Crippen LogP) is 10.7. The molecule has 0 fully saturated rings. The number of hydrogen-bond acceptors (Lipinski definition) is 2. The fourth-order valence-corrected chi connectivity index (χ4v) is 8.68. The Kier molecular flexibility index (Phi) is 4.53. The molecular weight excluding hydrogens is 525 g/mol.